The summed E-state index contributed by atoms with van der Waals surface area (Å²) in [6.45, 7) is 1.51. The van der Waals surface area contributed by atoms with Gasteiger partial charge in [0, 0.05) is 11.6 Å². The summed E-state index contributed by atoms with van der Waals surface area (Å²) in [5, 5.41) is 3.54. The van der Waals surface area contributed by atoms with E-state index in [1.165, 1.54) is 6.92 Å². The van der Waals surface area contributed by atoms with Gasteiger partial charge in [-0.3, -0.25) is 9.59 Å². The van der Waals surface area contributed by atoms with E-state index in [-0.39, 0.29) is 24.9 Å². The van der Waals surface area contributed by atoms with Crippen LogP contribution in [-0.2, 0) is 11.2 Å². The van der Waals surface area contributed by atoms with Crippen molar-refractivity contribution < 1.29 is 19.1 Å². The van der Waals surface area contributed by atoms with Crippen molar-refractivity contribution in [3.05, 3.63) is 51.5 Å². The molecular weight excluding hydrogens is 353 g/mol. The van der Waals surface area contributed by atoms with Crippen molar-refractivity contribution in [3.8, 4) is 11.5 Å². The lowest BCUT2D eigenvalue weighted by molar-refractivity contribution is -0.115. The molecule has 0 radical (unpaired) electrons. The molecule has 124 valence electrons. The first-order valence-electron chi connectivity index (χ1n) is 7.12. The smallest absolute Gasteiger partial charge is 0.231 e. The lowest BCUT2D eigenvalue weighted by Gasteiger charge is -2.11. The number of rotatable bonds is 4. The monoisotopic (exact) mass is 365 g/mol. The van der Waals surface area contributed by atoms with Crippen LogP contribution in [0.25, 0.3) is 0 Å². The standard InChI is InChI=1S/C17H13Cl2NO4/c1-9(21)11-6-15-16(24-8-23-15)7-14(11)20-17(22)5-10-2-3-12(18)13(19)4-10/h2-4,6-7H,5,8H2,1H3,(H,20,22). The van der Waals surface area contributed by atoms with Gasteiger partial charge in [-0.25, -0.2) is 0 Å². The number of benzene rings is 2. The maximum atomic E-state index is 12.3. The van der Waals surface area contributed by atoms with Crippen LogP contribution in [0, 0.1) is 0 Å². The first-order valence-corrected chi connectivity index (χ1v) is 7.88. The molecule has 0 aliphatic carbocycles. The largest absolute Gasteiger partial charge is 0.454 e. The predicted molar refractivity (Wildman–Crippen MR) is 91.4 cm³/mol. The van der Waals surface area contributed by atoms with Crippen molar-refractivity contribution in [2.24, 2.45) is 0 Å². The van der Waals surface area contributed by atoms with Crippen LogP contribution < -0.4 is 14.8 Å². The zero-order valence-electron chi connectivity index (χ0n) is 12.7. The van der Waals surface area contributed by atoms with E-state index in [9.17, 15) is 9.59 Å². The van der Waals surface area contributed by atoms with Crippen LogP contribution >= 0.6 is 23.2 Å². The Bertz CT molecular complexity index is 836. The Morgan fingerprint density at radius 1 is 1.08 bits per heavy atom. The molecule has 0 unspecified atom stereocenters. The van der Waals surface area contributed by atoms with E-state index in [1.807, 2.05) is 0 Å². The van der Waals surface area contributed by atoms with Crippen molar-refractivity contribution in [1.82, 2.24) is 0 Å². The van der Waals surface area contributed by atoms with Gasteiger partial charge in [0.25, 0.3) is 0 Å². The first kappa shape index (κ1) is 16.6. The summed E-state index contributed by atoms with van der Waals surface area (Å²) in [6, 6.07) is 8.15. The molecule has 2 aromatic carbocycles. The third-order valence-corrected chi connectivity index (χ3v) is 4.25. The highest BCUT2D eigenvalue weighted by Gasteiger charge is 2.20. The molecule has 0 aromatic heterocycles. The van der Waals surface area contributed by atoms with Gasteiger partial charge in [-0.15, -0.1) is 0 Å². The Morgan fingerprint density at radius 3 is 2.46 bits per heavy atom. The van der Waals surface area contributed by atoms with Crippen LogP contribution in [0.5, 0.6) is 11.5 Å². The average Bonchev–Trinajstić information content (AvgIpc) is 2.97. The fraction of sp³-hybridized carbons (Fsp3) is 0.176. The summed E-state index contributed by atoms with van der Waals surface area (Å²) < 4.78 is 10.5. The van der Waals surface area contributed by atoms with Gasteiger partial charge in [-0.2, -0.15) is 0 Å². The second kappa shape index (κ2) is 6.71. The van der Waals surface area contributed by atoms with Crippen LogP contribution in [0.1, 0.15) is 22.8 Å². The first-order chi connectivity index (χ1) is 11.4. The summed E-state index contributed by atoms with van der Waals surface area (Å²) in [5.74, 6) is 0.514. The highest BCUT2D eigenvalue weighted by molar-refractivity contribution is 6.42. The lowest BCUT2D eigenvalue weighted by Crippen LogP contribution is -2.16. The highest BCUT2D eigenvalue weighted by Crippen LogP contribution is 2.37. The summed E-state index contributed by atoms with van der Waals surface area (Å²) in [4.78, 5) is 24.1. The van der Waals surface area contributed by atoms with Crippen LogP contribution in [0.15, 0.2) is 30.3 Å². The SMILES string of the molecule is CC(=O)c1cc2c(cc1NC(=O)Cc1ccc(Cl)c(Cl)c1)OCO2. The fourth-order valence-corrected chi connectivity index (χ4v) is 2.69. The minimum absolute atomic E-state index is 0.0906. The molecule has 1 aliphatic rings. The molecule has 2 aromatic rings. The minimum atomic E-state index is -0.283. The summed E-state index contributed by atoms with van der Waals surface area (Å²) in [5.41, 5.74) is 1.46. The Kier molecular flexibility index (Phi) is 4.64. The van der Waals surface area contributed by atoms with Crippen molar-refractivity contribution in [3.63, 3.8) is 0 Å². The number of halogens is 2. The molecule has 0 saturated heterocycles. The maximum absolute atomic E-state index is 12.3. The Hall–Kier alpha value is -2.24. The van der Waals surface area contributed by atoms with Crippen molar-refractivity contribution in [2.45, 2.75) is 13.3 Å². The van der Waals surface area contributed by atoms with E-state index >= 15 is 0 Å². The molecule has 7 heteroatoms. The van der Waals surface area contributed by atoms with E-state index in [1.54, 1.807) is 30.3 Å². The van der Waals surface area contributed by atoms with Crippen LogP contribution in [-0.4, -0.2) is 18.5 Å². The second-order valence-electron chi connectivity index (χ2n) is 5.28. The van der Waals surface area contributed by atoms with Gasteiger partial charge < -0.3 is 14.8 Å². The number of hydrogen-bond donors (Lipinski definition) is 1. The Labute approximate surface area is 148 Å². The predicted octanol–water partition coefficient (Wildman–Crippen LogP) is 4.11. The summed E-state index contributed by atoms with van der Waals surface area (Å²) >= 11 is 11.8. The topological polar surface area (TPSA) is 64.6 Å². The maximum Gasteiger partial charge on any atom is 0.231 e. The normalized spacial score (nSPS) is 12.1. The van der Waals surface area contributed by atoms with Crippen molar-refractivity contribution >= 4 is 40.6 Å². The molecule has 3 rings (SSSR count). The zero-order valence-corrected chi connectivity index (χ0v) is 14.2. The molecule has 1 amide bonds. The number of nitrogens with one attached hydrogen (secondary N) is 1. The van der Waals surface area contributed by atoms with E-state index < -0.39 is 0 Å². The molecule has 1 heterocycles. The average molecular weight is 366 g/mol. The number of Topliss-reactive ketones (excluding diaryl/α,β-unsaturated/α-hetero) is 1. The van der Waals surface area contributed by atoms with Gasteiger partial charge in [0.1, 0.15) is 0 Å². The number of fused-ring (bicyclic) bond motifs is 1. The molecule has 0 fully saturated rings. The molecule has 5 nitrogen and oxygen atoms in total. The van der Waals surface area contributed by atoms with Crippen molar-refractivity contribution in [1.29, 1.82) is 0 Å². The highest BCUT2D eigenvalue weighted by atomic mass is 35.5. The number of carbonyl (C=O) groups excluding carboxylic acids is 2. The third kappa shape index (κ3) is 3.47. The summed E-state index contributed by atoms with van der Waals surface area (Å²) in [6.07, 6.45) is 0.0999. The third-order valence-electron chi connectivity index (χ3n) is 3.51. The van der Waals surface area contributed by atoms with Gasteiger partial charge >= 0.3 is 0 Å². The molecular formula is C17H13Cl2NO4. The van der Waals surface area contributed by atoms with Gasteiger partial charge in [-0.05, 0) is 30.7 Å². The van der Waals surface area contributed by atoms with E-state index in [0.717, 1.165) is 0 Å². The van der Waals surface area contributed by atoms with Crippen LogP contribution in [0.2, 0.25) is 10.0 Å². The van der Waals surface area contributed by atoms with Gasteiger partial charge in [0.05, 0.1) is 22.2 Å². The van der Waals surface area contributed by atoms with Crippen LogP contribution in [0.3, 0.4) is 0 Å². The zero-order chi connectivity index (χ0) is 17.3. The fourth-order valence-electron chi connectivity index (χ4n) is 2.37. The van der Waals surface area contributed by atoms with Gasteiger partial charge in [0.2, 0.25) is 12.7 Å². The Morgan fingerprint density at radius 2 is 1.79 bits per heavy atom. The quantitative estimate of drug-likeness (QED) is 0.828. The minimum Gasteiger partial charge on any atom is -0.454 e. The summed E-state index contributed by atoms with van der Waals surface area (Å²) in [7, 11) is 0. The number of ether oxygens (including phenoxy) is 2. The second-order valence-corrected chi connectivity index (χ2v) is 6.10. The van der Waals surface area contributed by atoms with Gasteiger partial charge in [0.15, 0.2) is 17.3 Å². The molecule has 1 aliphatic heterocycles. The molecule has 1 N–H and O–H groups in total. The number of amides is 1. The molecule has 24 heavy (non-hydrogen) atoms. The van der Waals surface area contributed by atoms with Gasteiger partial charge in [-0.1, -0.05) is 29.3 Å². The molecule has 0 atom stereocenters. The number of anilines is 1. The molecule has 0 saturated carbocycles. The molecule has 0 spiro atoms. The van der Waals surface area contributed by atoms with E-state index in [0.29, 0.717) is 38.4 Å². The number of ketones is 1. The van der Waals surface area contributed by atoms with Crippen molar-refractivity contribution in [2.75, 3.05) is 12.1 Å². The van der Waals surface area contributed by atoms with E-state index in [2.05, 4.69) is 5.32 Å². The number of hydrogen-bond acceptors (Lipinski definition) is 4. The molecule has 0 bridgehead atoms. The Balaban J connectivity index is 1.81. The van der Waals surface area contributed by atoms with Crippen LogP contribution in [0.4, 0.5) is 5.69 Å². The number of carbonyl (C=O) groups is 2. The lowest BCUT2D eigenvalue weighted by atomic mass is 10.1. The van der Waals surface area contributed by atoms with E-state index in [4.69, 9.17) is 32.7 Å².